The zero-order valence-corrected chi connectivity index (χ0v) is 13.7. The second kappa shape index (κ2) is 7.44. The van der Waals surface area contributed by atoms with Gasteiger partial charge in [0.15, 0.2) is 0 Å². The normalized spacial score (nSPS) is 10.9. The Morgan fingerprint density at radius 1 is 1.17 bits per heavy atom. The number of aromatic nitrogens is 2. The number of hydrogen-bond donors (Lipinski definition) is 1. The van der Waals surface area contributed by atoms with Crippen molar-refractivity contribution in [3.05, 3.63) is 70.7 Å². The molecule has 0 atom stereocenters. The van der Waals surface area contributed by atoms with Crippen molar-refractivity contribution in [2.75, 3.05) is 6.54 Å². The fraction of sp³-hybridized carbons (Fsp3) is 0.222. The van der Waals surface area contributed by atoms with E-state index < -0.39 is 0 Å². The maximum absolute atomic E-state index is 13.1. The molecule has 23 heavy (non-hydrogen) atoms. The predicted octanol–water partition coefficient (Wildman–Crippen LogP) is 3.98. The second-order valence-corrected chi connectivity index (χ2v) is 6.45. The average molecular weight is 327 g/mol. The van der Waals surface area contributed by atoms with E-state index in [0.29, 0.717) is 6.54 Å². The Morgan fingerprint density at radius 3 is 2.87 bits per heavy atom. The molecular formula is C18H18FN3S. The lowest BCUT2D eigenvalue weighted by molar-refractivity contribution is 0.622. The highest BCUT2D eigenvalue weighted by atomic mass is 32.1. The first-order chi connectivity index (χ1) is 11.2. The Labute approximate surface area is 139 Å². The van der Waals surface area contributed by atoms with Crippen LogP contribution in [0, 0.1) is 12.7 Å². The van der Waals surface area contributed by atoms with Gasteiger partial charge in [-0.15, -0.1) is 11.3 Å². The monoisotopic (exact) mass is 327 g/mol. The van der Waals surface area contributed by atoms with Gasteiger partial charge in [0.1, 0.15) is 10.8 Å². The number of hydrogen-bond acceptors (Lipinski definition) is 4. The minimum atomic E-state index is -0.183. The number of benzene rings is 1. The number of halogens is 1. The Morgan fingerprint density at radius 2 is 2.04 bits per heavy atom. The van der Waals surface area contributed by atoms with Crippen molar-refractivity contribution < 1.29 is 4.39 Å². The molecule has 0 fully saturated rings. The van der Waals surface area contributed by atoms with E-state index in [1.54, 1.807) is 23.5 Å². The number of thiazole rings is 1. The number of rotatable bonds is 6. The lowest BCUT2D eigenvalue weighted by Gasteiger charge is -2.03. The molecule has 3 nitrogen and oxygen atoms in total. The van der Waals surface area contributed by atoms with Gasteiger partial charge in [-0.3, -0.25) is 4.98 Å². The summed E-state index contributed by atoms with van der Waals surface area (Å²) in [7, 11) is 0. The van der Waals surface area contributed by atoms with Crippen LogP contribution < -0.4 is 5.32 Å². The molecule has 3 aromatic rings. The Bertz CT molecular complexity index is 785. The minimum Gasteiger partial charge on any atom is -0.310 e. The summed E-state index contributed by atoms with van der Waals surface area (Å²) in [5, 5.41) is 4.38. The van der Waals surface area contributed by atoms with E-state index in [1.165, 1.54) is 6.07 Å². The number of nitrogens with zero attached hydrogens (tertiary/aromatic N) is 2. The highest BCUT2D eigenvalue weighted by Gasteiger charge is 2.05. The molecule has 0 amide bonds. The van der Waals surface area contributed by atoms with E-state index in [2.05, 4.69) is 15.3 Å². The van der Waals surface area contributed by atoms with Crippen molar-refractivity contribution in [3.8, 4) is 10.6 Å². The molecule has 0 radical (unpaired) electrons. The van der Waals surface area contributed by atoms with Crippen LogP contribution in [0.2, 0.25) is 0 Å². The maximum atomic E-state index is 13.1. The lowest BCUT2D eigenvalue weighted by atomic mass is 10.1. The molecular weight excluding hydrogens is 309 g/mol. The van der Waals surface area contributed by atoms with Gasteiger partial charge >= 0.3 is 0 Å². The molecule has 0 saturated carbocycles. The topological polar surface area (TPSA) is 37.8 Å². The summed E-state index contributed by atoms with van der Waals surface area (Å²) in [6.07, 6.45) is 2.67. The second-order valence-electron chi connectivity index (χ2n) is 5.34. The number of nitrogens with one attached hydrogen (secondary N) is 1. The van der Waals surface area contributed by atoms with Crippen molar-refractivity contribution in [3.63, 3.8) is 0 Å². The van der Waals surface area contributed by atoms with Crippen LogP contribution in [0.3, 0.4) is 0 Å². The molecule has 0 spiro atoms. The molecule has 5 heteroatoms. The maximum Gasteiger partial charge on any atom is 0.123 e. The fourth-order valence-corrected chi connectivity index (χ4v) is 3.17. The molecule has 2 heterocycles. The van der Waals surface area contributed by atoms with Gasteiger partial charge in [-0.1, -0.05) is 18.2 Å². The van der Waals surface area contributed by atoms with Crippen LogP contribution in [0.5, 0.6) is 0 Å². The summed E-state index contributed by atoms with van der Waals surface area (Å²) < 4.78 is 13.1. The quantitative estimate of drug-likeness (QED) is 0.696. The summed E-state index contributed by atoms with van der Waals surface area (Å²) in [4.78, 5) is 10.0. The van der Waals surface area contributed by atoms with E-state index in [9.17, 15) is 4.39 Å². The fourth-order valence-electron chi connectivity index (χ4n) is 2.31. The first-order valence-electron chi connectivity index (χ1n) is 7.54. The van der Waals surface area contributed by atoms with E-state index in [0.717, 1.165) is 39.8 Å². The van der Waals surface area contributed by atoms with Gasteiger partial charge in [-0.25, -0.2) is 9.37 Å². The predicted molar refractivity (Wildman–Crippen MR) is 91.9 cm³/mol. The third kappa shape index (κ3) is 4.43. The lowest BCUT2D eigenvalue weighted by Crippen LogP contribution is -2.16. The summed E-state index contributed by atoms with van der Waals surface area (Å²) in [5.74, 6) is -0.183. The summed E-state index contributed by atoms with van der Waals surface area (Å²) in [6.45, 7) is 3.49. The third-order valence-electron chi connectivity index (χ3n) is 3.45. The number of aryl methyl sites for hydroxylation is 1. The van der Waals surface area contributed by atoms with Crippen LogP contribution in [-0.2, 0) is 13.0 Å². The zero-order chi connectivity index (χ0) is 16.1. The van der Waals surface area contributed by atoms with Gasteiger partial charge < -0.3 is 5.32 Å². The third-order valence-corrected chi connectivity index (χ3v) is 4.47. The first kappa shape index (κ1) is 15.8. The molecule has 3 rings (SSSR count). The van der Waals surface area contributed by atoms with Crippen molar-refractivity contribution >= 4 is 11.3 Å². The molecule has 0 unspecified atom stereocenters. The van der Waals surface area contributed by atoms with Gasteiger partial charge in [-0.05, 0) is 49.7 Å². The molecule has 118 valence electrons. The molecule has 0 bridgehead atoms. The first-order valence-corrected chi connectivity index (χ1v) is 8.36. The molecule has 0 aliphatic carbocycles. The van der Waals surface area contributed by atoms with Gasteiger partial charge in [0.2, 0.25) is 0 Å². The van der Waals surface area contributed by atoms with Crippen molar-refractivity contribution in [2.24, 2.45) is 0 Å². The van der Waals surface area contributed by atoms with Crippen LogP contribution in [0.1, 0.15) is 16.3 Å². The SMILES string of the molecule is Cc1cccc(-c2cnc(CNCCc3cccc(F)c3)s2)n1. The zero-order valence-electron chi connectivity index (χ0n) is 12.9. The van der Waals surface area contributed by atoms with Crippen molar-refractivity contribution in [2.45, 2.75) is 19.9 Å². The number of pyridine rings is 1. The average Bonchev–Trinajstić information content (AvgIpc) is 3.01. The van der Waals surface area contributed by atoms with Gasteiger partial charge in [-0.2, -0.15) is 0 Å². The summed E-state index contributed by atoms with van der Waals surface area (Å²) >= 11 is 1.65. The van der Waals surface area contributed by atoms with E-state index in [-0.39, 0.29) is 5.82 Å². The van der Waals surface area contributed by atoms with Crippen LogP contribution >= 0.6 is 11.3 Å². The van der Waals surface area contributed by atoms with Crippen LogP contribution in [0.25, 0.3) is 10.6 Å². The van der Waals surface area contributed by atoms with Crippen LogP contribution in [0.15, 0.2) is 48.7 Å². The smallest absolute Gasteiger partial charge is 0.123 e. The molecule has 0 saturated heterocycles. The largest absolute Gasteiger partial charge is 0.310 e. The summed E-state index contributed by atoms with van der Waals surface area (Å²) in [5.41, 5.74) is 2.97. The Hall–Kier alpha value is -2.11. The molecule has 2 aromatic heterocycles. The standard InChI is InChI=1S/C18H18FN3S/c1-13-4-2-7-16(22-13)17-11-21-18(23-17)12-20-9-8-14-5-3-6-15(19)10-14/h2-7,10-11,20H,8-9,12H2,1H3. The molecule has 0 aliphatic rings. The van der Waals surface area contributed by atoms with Crippen molar-refractivity contribution in [1.82, 2.24) is 15.3 Å². The summed E-state index contributed by atoms with van der Waals surface area (Å²) in [6, 6.07) is 12.7. The highest BCUT2D eigenvalue weighted by molar-refractivity contribution is 7.15. The van der Waals surface area contributed by atoms with Crippen molar-refractivity contribution in [1.29, 1.82) is 0 Å². The van der Waals surface area contributed by atoms with Crippen LogP contribution in [-0.4, -0.2) is 16.5 Å². The highest BCUT2D eigenvalue weighted by Crippen LogP contribution is 2.24. The molecule has 1 aromatic carbocycles. The Balaban J connectivity index is 1.51. The van der Waals surface area contributed by atoms with Crippen LogP contribution in [0.4, 0.5) is 4.39 Å². The molecule has 1 N–H and O–H groups in total. The molecule has 0 aliphatic heterocycles. The Kier molecular flexibility index (Phi) is 5.10. The van der Waals surface area contributed by atoms with Gasteiger partial charge in [0.05, 0.1) is 10.6 Å². The van der Waals surface area contributed by atoms with E-state index in [1.807, 2.05) is 37.4 Å². The van der Waals surface area contributed by atoms with E-state index >= 15 is 0 Å². The van der Waals surface area contributed by atoms with Gasteiger partial charge in [0, 0.05) is 18.4 Å². The van der Waals surface area contributed by atoms with Gasteiger partial charge in [0.25, 0.3) is 0 Å². The minimum absolute atomic E-state index is 0.183. The van der Waals surface area contributed by atoms with E-state index in [4.69, 9.17) is 0 Å².